The fourth-order valence-electron chi connectivity index (χ4n) is 3.05. The maximum absolute atomic E-state index is 12.5. The summed E-state index contributed by atoms with van der Waals surface area (Å²) in [7, 11) is 1.59. The molecular weight excluding hydrogens is 334 g/mol. The largest absolute Gasteiger partial charge is 0.494 e. The lowest BCUT2D eigenvalue weighted by molar-refractivity contribution is 0.0221. The van der Waals surface area contributed by atoms with Gasteiger partial charge in [0.15, 0.2) is 0 Å². The van der Waals surface area contributed by atoms with Crippen LogP contribution < -0.4 is 10.5 Å². The van der Waals surface area contributed by atoms with E-state index in [0.29, 0.717) is 23.7 Å². The smallest absolute Gasteiger partial charge is 0.410 e. The van der Waals surface area contributed by atoms with Crippen molar-refractivity contribution in [1.82, 2.24) is 19.9 Å². The number of benzene rings is 1. The molecule has 1 unspecified atom stereocenters. The topological polar surface area (TPSA) is 95.5 Å². The van der Waals surface area contributed by atoms with Crippen LogP contribution in [0.1, 0.15) is 45.3 Å². The van der Waals surface area contributed by atoms with E-state index in [2.05, 4.69) is 10.3 Å². The molecule has 0 saturated carbocycles. The van der Waals surface area contributed by atoms with Gasteiger partial charge in [-0.1, -0.05) is 5.21 Å². The van der Waals surface area contributed by atoms with E-state index >= 15 is 0 Å². The summed E-state index contributed by atoms with van der Waals surface area (Å²) in [6, 6.07) is 5.18. The molecule has 0 spiro atoms. The minimum absolute atomic E-state index is 0.148. The number of amides is 1. The Labute approximate surface area is 152 Å². The number of hydrogen-bond acceptors (Lipinski definition) is 6. The number of nitrogen functional groups attached to an aromatic ring is 1. The van der Waals surface area contributed by atoms with Crippen LogP contribution in [0.5, 0.6) is 5.75 Å². The molecule has 0 bridgehead atoms. The van der Waals surface area contributed by atoms with E-state index in [1.54, 1.807) is 34.9 Å². The van der Waals surface area contributed by atoms with Crippen molar-refractivity contribution in [2.24, 2.45) is 0 Å². The molecule has 26 heavy (non-hydrogen) atoms. The lowest BCUT2D eigenvalue weighted by atomic mass is 10.1. The van der Waals surface area contributed by atoms with Crippen molar-refractivity contribution in [1.29, 1.82) is 0 Å². The summed E-state index contributed by atoms with van der Waals surface area (Å²) in [5, 5.41) is 8.48. The molecule has 1 amide bonds. The van der Waals surface area contributed by atoms with Crippen LogP contribution in [-0.4, -0.2) is 45.2 Å². The molecule has 2 N–H and O–H groups in total. The first-order valence-corrected chi connectivity index (χ1v) is 8.64. The van der Waals surface area contributed by atoms with E-state index in [-0.39, 0.29) is 12.1 Å². The molecular formula is C18H25N5O3. The molecule has 8 nitrogen and oxygen atoms in total. The van der Waals surface area contributed by atoms with Crippen LogP contribution in [0.2, 0.25) is 0 Å². The fourth-order valence-corrected chi connectivity index (χ4v) is 3.05. The Kier molecular flexibility index (Phi) is 4.76. The highest BCUT2D eigenvalue weighted by atomic mass is 16.6. The van der Waals surface area contributed by atoms with Gasteiger partial charge in [0, 0.05) is 12.2 Å². The summed E-state index contributed by atoms with van der Waals surface area (Å²) in [4.78, 5) is 14.2. The van der Waals surface area contributed by atoms with E-state index in [4.69, 9.17) is 15.2 Å². The van der Waals surface area contributed by atoms with Crippen molar-refractivity contribution >= 4 is 11.8 Å². The minimum atomic E-state index is -0.531. The average molecular weight is 359 g/mol. The summed E-state index contributed by atoms with van der Waals surface area (Å²) >= 11 is 0. The number of aromatic nitrogens is 3. The number of carbonyl (C=O) groups excluding carboxylic acids is 1. The lowest BCUT2D eigenvalue weighted by Crippen LogP contribution is -2.36. The third-order valence-electron chi connectivity index (χ3n) is 4.18. The second kappa shape index (κ2) is 6.86. The van der Waals surface area contributed by atoms with Crippen LogP contribution in [0.4, 0.5) is 10.5 Å². The van der Waals surface area contributed by atoms with Gasteiger partial charge in [-0.3, -0.25) is 4.90 Å². The molecule has 0 radical (unpaired) electrons. The molecule has 8 heteroatoms. The minimum Gasteiger partial charge on any atom is -0.494 e. The van der Waals surface area contributed by atoms with Crippen LogP contribution >= 0.6 is 0 Å². The Morgan fingerprint density at radius 3 is 2.81 bits per heavy atom. The normalized spacial score (nSPS) is 17.4. The zero-order valence-electron chi connectivity index (χ0n) is 15.6. The van der Waals surface area contributed by atoms with Crippen LogP contribution in [-0.2, 0) is 4.74 Å². The van der Waals surface area contributed by atoms with Gasteiger partial charge in [-0.25, -0.2) is 9.48 Å². The molecule has 1 aromatic heterocycles. The van der Waals surface area contributed by atoms with Crippen LogP contribution in [0.25, 0.3) is 5.69 Å². The molecule has 140 valence electrons. The summed E-state index contributed by atoms with van der Waals surface area (Å²) in [5.74, 6) is 0.645. The van der Waals surface area contributed by atoms with Crippen molar-refractivity contribution in [3.8, 4) is 11.4 Å². The van der Waals surface area contributed by atoms with Crippen molar-refractivity contribution < 1.29 is 14.3 Å². The molecule has 1 fully saturated rings. The van der Waals surface area contributed by atoms with Gasteiger partial charge < -0.3 is 15.2 Å². The van der Waals surface area contributed by atoms with Gasteiger partial charge in [0.2, 0.25) is 0 Å². The highest BCUT2D eigenvalue weighted by molar-refractivity contribution is 5.69. The van der Waals surface area contributed by atoms with Crippen LogP contribution in [0.15, 0.2) is 24.4 Å². The van der Waals surface area contributed by atoms with E-state index in [1.165, 1.54) is 0 Å². The number of likely N-dealkylation sites (tertiary alicyclic amines) is 1. The number of hydrogen-bond donors (Lipinski definition) is 1. The molecule has 1 aliphatic heterocycles. The molecule has 1 aliphatic rings. The van der Waals surface area contributed by atoms with Crippen molar-refractivity contribution in [2.75, 3.05) is 19.4 Å². The first-order valence-electron chi connectivity index (χ1n) is 8.64. The van der Waals surface area contributed by atoms with Gasteiger partial charge in [-0.15, -0.1) is 5.10 Å². The third kappa shape index (κ3) is 3.74. The standard InChI is InChI=1S/C18H25N5O3/c1-18(2,3)26-17(24)22-9-5-6-14(22)13-11-23(21-20-13)15-10-12(19)7-8-16(15)25-4/h7-8,10-11,14H,5-6,9,19H2,1-4H3. The third-order valence-corrected chi connectivity index (χ3v) is 4.18. The number of carbonyl (C=O) groups is 1. The maximum atomic E-state index is 12.5. The van der Waals surface area contributed by atoms with E-state index < -0.39 is 5.60 Å². The number of nitrogens with two attached hydrogens (primary N) is 1. The van der Waals surface area contributed by atoms with Crippen molar-refractivity contribution in [3.63, 3.8) is 0 Å². The molecule has 2 aromatic rings. The molecule has 1 saturated heterocycles. The fraction of sp³-hybridized carbons (Fsp3) is 0.500. The predicted molar refractivity (Wildman–Crippen MR) is 97.2 cm³/mol. The Morgan fingerprint density at radius 2 is 2.12 bits per heavy atom. The molecule has 1 aromatic carbocycles. The number of ether oxygens (including phenoxy) is 2. The number of nitrogens with zero attached hydrogens (tertiary/aromatic N) is 4. The van der Waals surface area contributed by atoms with Crippen LogP contribution in [0, 0.1) is 0 Å². The number of methoxy groups -OCH3 is 1. The summed E-state index contributed by atoms with van der Waals surface area (Å²) < 4.78 is 12.5. The maximum Gasteiger partial charge on any atom is 0.410 e. The first-order chi connectivity index (χ1) is 12.3. The monoisotopic (exact) mass is 359 g/mol. The van der Waals surface area contributed by atoms with Crippen molar-refractivity contribution in [3.05, 3.63) is 30.1 Å². The Hall–Kier alpha value is -2.77. The van der Waals surface area contributed by atoms with Gasteiger partial charge in [-0.2, -0.15) is 0 Å². The van der Waals surface area contributed by atoms with Gasteiger partial charge in [-0.05, 0) is 51.8 Å². The molecule has 2 heterocycles. The number of anilines is 1. The SMILES string of the molecule is COc1ccc(N)cc1-n1cc(C2CCCN2C(=O)OC(C)(C)C)nn1. The highest BCUT2D eigenvalue weighted by Gasteiger charge is 2.34. The average Bonchev–Trinajstić information content (AvgIpc) is 3.22. The molecule has 1 atom stereocenters. The Bertz CT molecular complexity index is 796. The van der Waals surface area contributed by atoms with Gasteiger partial charge in [0.25, 0.3) is 0 Å². The van der Waals surface area contributed by atoms with Crippen molar-refractivity contribution in [2.45, 2.75) is 45.3 Å². The zero-order valence-corrected chi connectivity index (χ0v) is 15.6. The van der Waals surface area contributed by atoms with E-state index in [9.17, 15) is 4.79 Å². The second-order valence-corrected chi connectivity index (χ2v) is 7.35. The first kappa shape index (κ1) is 18.0. The Balaban J connectivity index is 1.85. The lowest BCUT2D eigenvalue weighted by Gasteiger charge is -2.27. The molecule has 0 aliphatic carbocycles. The quantitative estimate of drug-likeness (QED) is 0.847. The summed E-state index contributed by atoms with van der Waals surface area (Å²) in [6.45, 7) is 6.23. The van der Waals surface area contributed by atoms with Gasteiger partial charge in [0.1, 0.15) is 22.7 Å². The molecule has 3 rings (SSSR count). The predicted octanol–water partition coefficient (Wildman–Crippen LogP) is 2.93. The summed E-state index contributed by atoms with van der Waals surface area (Å²) in [6.07, 6.45) is 3.21. The second-order valence-electron chi connectivity index (χ2n) is 7.35. The van der Waals surface area contributed by atoms with E-state index in [0.717, 1.165) is 18.5 Å². The van der Waals surface area contributed by atoms with Crippen LogP contribution in [0.3, 0.4) is 0 Å². The number of rotatable bonds is 3. The van der Waals surface area contributed by atoms with Gasteiger partial charge in [0.05, 0.1) is 19.3 Å². The van der Waals surface area contributed by atoms with Gasteiger partial charge >= 0.3 is 6.09 Å². The zero-order chi connectivity index (χ0) is 18.9. The Morgan fingerprint density at radius 1 is 1.35 bits per heavy atom. The highest BCUT2D eigenvalue weighted by Crippen LogP contribution is 2.33. The summed E-state index contributed by atoms with van der Waals surface area (Å²) in [5.41, 5.74) is 7.38. The van der Waals surface area contributed by atoms with E-state index in [1.807, 2.05) is 27.0 Å².